The zero-order valence-electron chi connectivity index (χ0n) is 22.6. The normalized spacial score (nSPS) is 27.2. The predicted molar refractivity (Wildman–Crippen MR) is 152 cm³/mol. The summed E-state index contributed by atoms with van der Waals surface area (Å²) in [4.78, 5) is 15.8. The lowest BCUT2D eigenvalue weighted by atomic mass is 9.91. The maximum absolute atomic E-state index is 14.7. The van der Waals surface area contributed by atoms with Crippen LogP contribution in [-0.2, 0) is 14.3 Å². The minimum atomic E-state index is -1.47. The van der Waals surface area contributed by atoms with Crippen molar-refractivity contribution in [3.63, 3.8) is 0 Å². The summed E-state index contributed by atoms with van der Waals surface area (Å²) < 4.78 is 42.1. The number of ether oxygens (including phenoxy) is 2. The van der Waals surface area contributed by atoms with Crippen molar-refractivity contribution in [2.24, 2.45) is 0 Å². The fourth-order valence-corrected chi connectivity index (χ4v) is 6.38. The molecule has 1 amide bonds. The third kappa shape index (κ3) is 5.91. The Morgan fingerprint density at radius 1 is 1.28 bits per heavy atom. The second kappa shape index (κ2) is 12.9. The van der Waals surface area contributed by atoms with Crippen molar-refractivity contribution in [1.82, 2.24) is 15.0 Å². The Morgan fingerprint density at radius 3 is 2.70 bits per heavy atom. The lowest BCUT2D eigenvalue weighted by Crippen LogP contribution is -2.62. The fraction of sp³-hybridized carbons (Fsp3) is 0.429. The molecular weight excluding hydrogens is 656 g/mol. The summed E-state index contributed by atoms with van der Waals surface area (Å²) in [5.74, 6) is -3.16. The van der Waals surface area contributed by atoms with Gasteiger partial charge in [-0.15, -0.1) is 5.10 Å². The van der Waals surface area contributed by atoms with Gasteiger partial charge < -0.3 is 29.7 Å². The van der Waals surface area contributed by atoms with E-state index >= 15 is 0 Å². The van der Waals surface area contributed by atoms with Gasteiger partial charge in [-0.3, -0.25) is 4.79 Å². The molecule has 5 unspecified atom stereocenters. The molecule has 2 heterocycles. The number of halogens is 4. The van der Waals surface area contributed by atoms with Crippen LogP contribution in [0.1, 0.15) is 30.9 Å². The summed E-state index contributed by atoms with van der Waals surface area (Å²) >= 11 is 9.04. The second-order valence-corrected chi connectivity index (χ2v) is 11.7. The quantitative estimate of drug-likeness (QED) is 0.319. The van der Waals surface area contributed by atoms with Crippen molar-refractivity contribution >= 4 is 39.1 Å². The van der Waals surface area contributed by atoms with Crippen LogP contribution in [0.4, 0.5) is 14.5 Å². The first-order valence-electron chi connectivity index (χ1n) is 13.3. The Balaban J connectivity index is 1.56. The minimum absolute atomic E-state index is 0.0843. The highest BCUT2D eigenvalue weighted by atomic mass is 79.9. The highest BCUT2D eigenvalue weighted by molar-refractivity contribution is 9.10. The van der Waals surface area contributed by atoms with E-state index in [9.17, 15) is 34.2 Å². The average Bonchev–Trinajstić information content (AvgIpc) is 3.64. The summed E-state index contributed by atoms with van der Waals surface area (Å²) in [5.41, 5.74) is 0.273. The molecule has 1 saturated heterocycles. The van der Waals surface area contributed by atoms with Gasteiger partial charge in [-0.05, 0) is 49.6 Å². The number of anilines is 1. The number of aromatic nitrogens is 3. The number of nitriles is 1. The topological polar surface area (TPSA) is 154 Å². The number of nitrogens with zero attached hydrogens (tertiary/aromatic N) is 5. The van der Waals surface area contributed by atoms with E-state index in [0.717, 1.165) is 10.7 Å². The van der Waals surface area contributed by atoms with Gasteiger partial charge in [0.2, 0.25) is 0 Å². The van der Waals surface area contributed by atoms with Crippen LogP contribution in [0.25, 0.3) is 11.3 Å². The van der Waals surface area contributed by atoms with E-state index in [1.54, 1.807) is 12.1 Å². The largest absolute Gasteiger partial charge is 0.394 e. The van der Waals surface area contributed by atoms with Crippen LogP contribution in [0.3, 0.4) is 0 Å². The Bertz CT molecular complexity index is 1560. The van der Waals surface area contributed by atoms with Crippen LogP contribution < -0.4 is 4.90 Å². The Labute approximate surface area is 258 Å². The number of hydrogen-bond acceptors (Lipinski definition) is 9. The number of aliphatic hydroxyl groups is 3. The summed E-state index contributed by atoms with van der Waals surface area (Å²) in [7, 11) is 1.29. The van der Waals surface area contributed by atoms with Crippen LogP contribution in [-0.4, -0.2) is 86.5 Å². The molecule has 0 bridgehead atoms. The average molecular weight is 683 g/mol. The highest BCUT2D eigenvalue weighted by Crippen LogP contribution is 2.38. The molecule has 3 aromatic rings. The molecule has 3 N–H and O–H groups in total. The van der Waals surface area contributed by atoms with E-state index in [0.29, 0.717) is 29.4 Å². The number of aliphatic hydroxyl groups excluding tert-OH is 3. The van der Waals surface area contributed by atoms with Crippen molar-refractivity contribution in [3.05, 3.63) is 63.2 Å². The van der Waals surface area contributed by atoms with Crippen LogP contribution in [0.15, 0.2) is 41.0 Å². The smallest absolute Gasteiger partial charge is 0.259 e. The monoisotopic (exact) mass is 681 g/mol. The van der Waals surface area contributed by atoms with Crippen molar-refractivity contribution < 1.29 is 38.4 Å². The molecule has 0 radical (unpaired) electrons. The van der Waals surface area contributed by atoms with Gasteiger partial charge in [0.15, 0.2) is 17.7 Å². The molecule has 1 aromatic heterocycles. The van der Waals surface area contributed by atoms with Gasteiger partial charge in [-0.25, -0.2) is 13.5 Å². The SMILES string of the molecule is COC1C(C(=O)N(c2cc(Br)cc(C#N)c2)[C@H]2CCC[C@@H]2O)OC(CO)C(O)C1n1cc(-c2ccc(Cl)c(F)c2F)nn1. The Morgan fingerprint density at radius 2 is 2.05 bits per heavy atom. The zero-order chi connectivity index (χ0) is 31.0. The third-order valence-corrected chi connectivity index (χ3v) is 8.56. The van der Waals surface area contributed by atoms with Crippen LogP contribution in [0.2, 0.25) is 5.02 Å². The van der Waals surface area contributed by atoms with E-state index < -0.39 is 71.8 Å². The molecule has 15 heteroatoms. The number of carbonyl (C=O) groups is 1. The van der Waals surface area contributed by atoms with E-state index in [1.165, 1.54) is 30.3 Å². The first-order chi connectivity index (χ1) is 20.6. The molecule has 7 atom stereocenters. The maximum atomic E-state index is 14.7. The van der Waals surface area contributed by atoms with Gasteiger partial charge in [0.25, 0.3) is 5.91 Å². The van der Waals surface area contributed by atoms with E-state index in [-0.39, 0.29) is 16.8 Å². The van der Waals surface area contributed by atoms with Gasteiger partial charge in [0.05, 0.1) is 41.6 Å². The number of hydrogen-bond donors (Lipinski definition) is 3. The molecule has 2 aliphatic rings. The fourth-order valence-electron chi connectivity index (χ4n) is 5.75. The molecule has 2 aromatic carbocycles. The lowest BCUT2D eigenvalue weighted by Gasteiger charge is -2.45. The maximum Gasteiger partial charge on any atom is 0.259 e. The zero-order valence-corrected chi connectivity index (χ0v) is 25.0. The number of rotatable bonds is 7. The van der Waals surface area contributed by atoms with Crippen molar-refractivity contribution in [1.29, 1.82) is 5.26 Å². The molecule has 11 nitrogen and oxygen atoms in total. The van der Waals surface area contributed by atoms with Crippen LogP contribution in [0, 0.1) is 23.0 Å². The van der Waals surface area contributed by atoms with Crippen LogP contribution >= 0.6 is 27.5 Å². The summed E-state index contributed by atoms with van der Waals surface area (Å²) in [6, 6.07) is 7.33. The number of carbonyl (C=O) groups excluding carboxylic acids is 1. The van der Waals surface area contributed by atoms with E-state index in [2.05, 4.69) is 32.3 Å². The van der Waals surface area contributed by atoms with Gasteiger partial charge in [0, 0.05) is 22.8 Å². The molecule has 1 aliphatic carbocycles. The molecule has 2 fully saturated rings. The molecule has 43 heavy (non-hydrogen) atoms. The van der Waals surface area contributed by atoms with E-state index in [4.69, 9.17) is 21.1 Å². The summed E-state index contributed by atoms with van der Waals surface area (Å²) in [5, 5.41) is 49.2. The standard InChI is InChI=1S/C28H27BrClF2N5O6/c1-42-26-24(36-11-18(34-35-36)16-5-6-17(30)23(32)22(16)31)25(40)21(12-38)43-27(26)28(41)37(19-3-2-4-20(19)39)15-8-13(10-33)7-14(29)9-15/h5-9,11,19-21,24-27,38-40H,2-4,12H2,1H3/t19-,20-,21?,24?,25?,26?,27?/m0/s1. The molecule has 1 aliphatic heterocycles. The van der Waals surface area contributed by atoms with Gasteiger partial charge in [-0.1, -0.05) is 32.7 Å². The Kier molecular flexibility index (Phi) is 9.43. The first-order valence-corrected chi connectivity index (χ1v) is 14.5. The predicted octanol–water partition coefficient (Wildman–Crippen LogP) is 3.13. The summed E-state index contributed by atoms with van der Waals surface area (Å²) in [6.45, 7) is -0.683. The molecule has 228 valence electrons. The lowest BCUT2D eigenvalue weighted by molar-refractivity contribution is -0.211. The van der Waals surface area contributed by atoms with Gasteiger partial charge >= 0.3 is 0 Å². The van der Waals surface area contributed by atoms with Crippen molar-refractivity contribution in [2.75, 3.05) is 18.6 Å². The molecule has 5 rings (SSSR count). The summed E-state index contributed by atoms with van der Waals surface area (Å²) in [6.07, 6.45) is -3.46. The van der Waals surface area contributed by atoms with Gasteiger partial charge in [0.1, 0.15) is 30.0 Å². The number of amides is 1. The molecule has 1 saturated carbocycles. The highest BCUT2D eigenvalue weighted by Gasteiger charge is 2.52. The van der Waals surface area contributed by atoms with Gasteiger partial charge in [-0.2, -0.15) is 5.26 Å². The number of methoxy groups -OCH3 is 1. The van der Waals surface area contributed by atoms with Crippen molar-refractivity contribution in [3.8, 4) is 17.3 Å². The van der Waals surface area contributed by atoms with E-state index in [1.807, 2.05) is 0 Å². The second-order valence-electron chi connectivity index (χ2n) is 10.3. The Hall–Kier alpha value is -3.03. The third-order valence-electron chi connectivity index (χ3n) is 7.81. The number of benzene rings is 2. The molecular formula is C28H27BrClF2N5O6. The molecule has 0 spiro atoms. The first kappa shape index (κ1) is 31.4. The van der Waals surface area contributed by atoms with Crippen LogP contribution in [0.5, 0.6) is 0 Å². The minimum Gasteiger partial charge on any atom is -0.394 e. The van der Waals surface area contributed by atoms with Crippen molar-refractivity contribution in [2.45, 2.75) is 61.9 Å².